The van der Waals surface area contributed by atoms with Crippen LogP contribution in [0.3, 0.4) is 0 Å². The summed E-state index contributed by atoms with van der Waals surface area (Å²) >= 11 is 0. The molecule has 0 saturated carbocycles. The van der Waals surface area contributed by atoms with Crippen molar-refractivity contribution < 1.29 is 0 Å². The van der Waals surface area contributed by atoms with Crippen molar-refractivity contribution in [3.63, 3.8) is 0 Å². The maximum Gasteiger partial charge on any atom is 0.0540 e. The summed E-state index contributed by atoms with van der Waals surface area (Å²) in [4.78, 5) is 9.40. The van der Waals surface area contributed by atoms with E-state index in [1.807, 2.05) is 0 Å². The van der Waals surface area contributed by atoms with Gasteiger partial charge in [0, 0.05) is 101 Å². The van der Waals surface area contributed by atoms with Crippen molar-refractivity contribution in [3.8, 4) is 22.5 Å². The van der Waals surface area contributed by atoms with Crippen molar-refractivity contribution >= 4 is 112 Å². The van der Waals surface area contributed by atoms with Gasteiger partial charge in [-0.05, 0) is 243 Å². The van der Waals surface area contributed by atoms with Gasteiger partial charge < -0.3 is 28.7 Å². The van der Waals surface area contributed by atoms with Crippen LogP contribution in [0, 0.1) is 27.7 Å². The van der Waals surface area contributed by atoms with Crippen LogP contribution in [0.5, 0.6) is 0 Å². The molecule has 0 aliphatic heterocycles. The number of hydrogen-bond acceptors (Lipinski definition) is 4. The second-order valence-corrected chi connectivity index (χ2v) is 24.3. The van der Waals surface area contributed by atoms with E-state index in [1.165, 1.54) is 77.0 Å². The number of para-hydroxylation sites is 4. The molecule has 0 atom stereocenters. The van der Waals surface area contributed by atoms with Crippen molar-refractivity contribution in [2.24, 2.45) is 0 Å². The number of fused-ring (bicyclic) bond motifs is 4. The minimum Gasteiger partial charge on any atom is -0.314 e. The first kappa shape index (κ1) is 57.1. The number of benzene rings is 14. The van der Waals surface area contributed by atoms with Crippen molar-refractivity contribution in [1.29, 1.82) is 0 Å². The van der Waals surface area contributed by atoms with E-state index in [9.17, 15) is 0 Å². The lowest BCUT2D eigenvalue weighted by atomic mass is 10.00. The van der Waals surface area contributed by atoms with Crippen LogP contribution in [0.15, 0.2) is 340 Å². The Balaban J connectivity index is 0.678. The predicted octanol–water partition coefficient (Wildman–Crippen LogP) is 24.7. The lowest BCUT2D eigenvalue weighted by Crippen LogP contribution is -2.12. The summed E-state index contributed by atoms with van der Waals surface area (Å²) in [7, 11) is 0. The molecule has 94 heavy (non-hydrogen) atoms. The third kappa shape index (κ3) is 10.3. The molecule has 0 fully saturated rings. The monoisotopic (exact) mass is 1210 g/mol. The highest BCUT2D eigenvalue weighted by Gasteiger charge is 2.23. The summed E-state index contributed by atoms with van der Waals surface area (Å²) < 4.78 is 4.83. The number of nitrogens with zero attached hydrogens (tertiary/aromatic N) is 6. The molecule has 6 nitrogen and oxygen atoms in total. The molecule has 2 heterocycles. The van der Waals surface area contributed by atoms with E-state index in [0.717, 1.165) is 79.6 Å². The Morgan fingerprint density at radius 2 is 0.479 bits per heavy atom. The highest BCUT2D eigenvalue weighted by molar-refractivity contribution is 6.01. The molecule has 0 aliphatic rings. The predicted molar refractivity (Wildman–Crippen MR) is 398 cm³/mol. The van der Waals surface area contributed by atoms with Gasteiger partial charge in [0.2, 0.25) is 0 Å². The quantitative estimate of drug-likeness (QED) is 0.102. The van der Waals surface area contributed by atoms with E-state index < -0.39 is 0 Å². The van der Waals surface area contributed by atoms with E-state index in [2.05, 4.69) is 396 Å². The second kappa shape index (κ2) is 24.3. The van der Waals surface area contributed by atoms with E-state index in [-0.39, 0.29) is 0 Å². The van der Waals surface area contributed by atoms with E-state index in [1.54, 1.807) is 0 Å². The van der Waals surface area contributed by atoms with Crippen molar-refractivity contribution in [2.75, 3.05) is 19.6 Å². The Morgan fingerprint density at radius 3 is 0.819 bits per heavy atom. The van der Waals surface area contributed by atoms with Crippen LogP contribution in [0.1, 0.15) is 22.5 Å². The summed E-state index contributed by atoms with van der Waals surface area (Å²) in [5.74, 6) is 0. The summed E-state index contributed by atoms with van der Waals surface area (Å²) in [6.07, 6.45) is 0. The largest absolute Gasteiger partial charge is 0.314 e. The van der Waals surface area contributed by atoms with Gasteiger partial charge in [0.05, 0.1) is 22.4 Å². The Kier molecular flexibility index (Phi) is 14.7. The molecule has 0 unspecified atom stereocenters. The van der Waals surface area contributed by atoms with Gasteiger partial charge in [-0.1, -0.05) is 158 Å². The fraction of sp³-hybridized carbons (Fsp3) is 0.0455. The van der Waals surface area contributed by atoms with Gasteiger partial charge in [-0.15, -0.1) is 0 Å². The highest BCUT2D eigenvalue weighted by atomic mass is 15.2. The van der Waals surface area contributed by atoms with Gasteiger partial charge in [-0.3, -0.25) is 0 Å². The zero-order valence-corrected chi connectivity index (χ0v) is 53.0. The number of aromatic nitrogens is 2. The number of anilines is 12. The molecule has 16 rings (SSSR count). The van der Waals surface area contributed by atoms with Crippen molar-refractivity contribution in [3.05, 3.63) is 362 Å². The fourth-order valence-corrected chi connectivity index (χ4v) is 14.0. The molecule has 2 aromatic heterocycles. The zero-order chi connectivity index (χ0) is 63.2. The van der Waals surface area contributed by atoms with Crippen LogP contribution in [0.2, 0.25) is 0 Å². The molecule has 0 aliphatic carbocycles. The van der Waals surface area contributed by atoms with Gasteiger partial charge in [0.1, 0.15) is 0 Å². The SMILES string of the molecule is Cc1c(C)n(-c2ccc(N(c3ccccc3)c3ccc(N(c4ccccc4)c4cccc5ccccc45)cc3)cc2)c2ccc(-c3ccc4c(c3)c(C)c(C)n4-c3ccc(N(c4ccccc4)c4ccc(N(c5ccccc5)c5cccc6ccccc56)cc4)cc3)cc12. The fourth-order valence-electron chi connectivity index (χ4n) is 14.0. The summed E-state index contributed by atoms with van der Waals surface area (Å²) in [6.45, 7) is 9.01. The molecular formula is C88H68N6. The standard InChI is InChI=1S/C88H68N6/c1-61-63(3)89(73-41-45-75(46-42-73)91(69-27-9-5-10-28-69)77-49-53-79(54-50-77)93(71-31-13-7-14-32-71)85-37-21-25-65-23-17-19-35-81(65)85)87-57-39-67(59-83(61)87)68-40-58-88-84(60-68)62(2)64(4)90(88)74-43-47-76(48-44-74)92(70-29-11-6-12-30-70)78-51-55-80(56-52-78)94(72-33-15-8-16-34-72)86-38-22-26-66-24-18-20-36-82(66)86/h5-60H,1-4H3. The molecule has 6 heteroatoms. The van der Waals surface area contributed by atoms with Gasteiger partial charge in [0.25, 0.3) is 0 Å². The number of aryl methyl sites for hydroxylation is 2. The normalized spacial score (nSPS) is 11.4. The van der Waals surface area contributed by atoms with Crippen molar-refractivity contribution in [1.82, 2.24) is 9.13 Å². The van der Waals surface area contributed by atoms with Crippen molar-refractivity contribution in [2.45, 2.75) is 27.7 Å². The minimum atomic E-state index is 1.07. The lowest BCUT2D eigenvalue weighted by Gasteiger charge is -2.29. The average Bonchev–Trinajstić information content (AvgIpc) is 1.59. The van der Waals surface area contributed by atoms with Crippen LogP contribution in [0.25, 0.3) is 65.9 Å². The maximum atomic E-state index is 2.41. The minimum absolute atomic E-state index is 1.07. The van der Waals surface area contributed by atoms with E-state index in [0.29, 0.717) is 0 Å². The summed E-state index contributed by atoms with van der Waals surface area (Å²) in [5.41, 5.74) is 25.2. The van der Waals surface area contributed by atoms with E-state index >= 15 is 0 Å². The van der Waals surface area contributed by atoms with Crippen LogP contribution in [-0.4, -0.2) is 9.13 Å². The Morgan fingerprint density at radius 1 is 0.213 bits per heavy atom. The molecule has 0 saturated heterocycles. The Labute approximate surface area is 549 Å². The third-order valence-corrected chi connectivity index (χ3v) is 18.9. The molecule has 0 amide bonds. The second-order valence-electron chi connectivity index (χ2n) is 24.3. The molecule has 16 aromatic rings. The summed E-state index contributed by atoms with van der Waals surface area (Å²) in [6, 6.07) is 123. The smallest absolute Gasteiger partial charge is 0.0540 e. The first-order valence-electron chi connectivity index (χ1n) is 32.3. The topological polar surface area (TPSA) is 22.8 Å². The molecule has 14 aromatic carbocycles. The first-order valence-corrected chi connectivity index (χ1v) is 32.3. The van der Waals surface area contributed by atoms with Gasteiger partial charge >= 0.3 is 0 Å². The molecule has 0 radical (unpaired) electrons. The van der Waals surface area contributed by atoms with Gasteiger partial charge in [-0.25, -0.2) is 0 Å². The summed E-state index contributed by atoms with van der Waals surface area (Å²) in [5, 5.41) is 7.33. The Hall–Kier alpha value is -12.1. The molecule has 0 N–H and O–H groups in total. The maximum absolute atomic E-state index is 2.41. The third-order valence-electron chi connectivity index (χ3n) is 18.9. The van der Waals surface area contributed by atoms with Crippen LogP contribution < -0.4 is 19.6 Å². The highest BCUT2D eigenvalue weighted by Crippen LogP contribution is 2.45. The average molecular weight is 1210 g/mol. The molecule has 450 valence electrons. The van der Waals surface area contributed by atoms with Crippen LogP contribution in [0.4, 0.5) is 68.2 Å². The van der Waals surface area contributed by atoms with Gasteiger partial charge in [0.15, 0.2) is 0 Å². The molecule has 0 bridgehead atoms. The first-order chi connectivity index (χ1) is 46.3. The molecular weight excluding hydrogens is 1140 g/mol. The van der Waals surface area contributed by atoms with E-state index in [4.69, 9.17) is 0 Å². The number of hydrogen-bond donors (Lipinski definition) is 0. The molecule has 0 spiro atoms. The zero-order valence-electron chi connectivity index (χ0n) is 53.0. The van der Waals surface area contributed by atoms with Crippen LogP contribution in [-0.2, 0) is 0 Å². The number of rotatable bonds is 15. The lowest BCUT2D eigenvalue weighted by molar-refractivity contribution is 1.04. The Bertz CT molecular complexity index is 5040. The van der Waals surface area contributed by atoms with Crippen LogP contribution >= 0.6 is 0 Å². The van der Waals surface area contributed by atoms with Gasteiger partial charge in [-0.2, -0.15) is 0 Å².